The van der Waals surface area contributed by atoms with Crippen LogP contribution < -0.4 is 4.74 Å². The first-order valence-corrected chi connectivity index (χ1v) is 6.49. The number of hydrogen-bond acceptors (Lipinski definition) is 5. The number of carbonyl (C=O) groups is 1. The van der Waals surface area contributed by atoms with Crippen LogP contribution in [0.15, 0.2) is 28.9 Å². The molecule has 0 aliphatic carbocycles. The van der Waals surface area contributed by atoms with Crippen LogP contribution in [0.25, 0.3) is 0 Å². The van der Waals surface area contributed by atoms with Crippen molar-refractivity contribution in [2.45, 2.75) is 6.61 Å². The van der Waals surface area contributed by atoms with Crippen LogP contribution in [-0.4, -0.2) is 25.8 Å². The summed E-state index contributed by atoms with van der Waals surface area (Å²) < 4.78 is 7.32. The molecule has 0 atom stereocenters. The van der Waals surface area contributed by atoms with Crippen molar-refractivity contribution in [3.63, 3.8) is 0 Å². The number of rotatable bonds is 5. The van der Waals surface area contributed by atoms with Crippen molar-refractivity contribution in [1.82, 2.24) is 9.78 Å². The van der Waals surface area contributed by atoms with E-state index in [1.165, 1.54) is 23.0 Å². The van der Waals surface area contributed by atoms with Gasteiger partial charge < -0.3 is 9.84 Å². The van der Waals surface area contributed by atoms with Gasteiger partial charge in [0.1, 0.15) is 17.9 Å². The fourth-order valence-corrected chi connectivity index (χ4v) is 2.16. The van der Waals surface area contributed by atoms with E-state index in [-0.39, 0.29) is 23.6 Å². The molecule has 0 spiro atoms. The number of aromatic nitrogens is 2. The Morgan fingerprint density at radius 1 is 1.52 bits per heavy atom. The molecule has 9 heteroatoms. The average Bonchev–Trinajstić information content (AvgIpc) is 2.77. The molecule has 1 N–H and O–H groups in total. The zero-order valence-electron chi connectivity index (χ0n) is 10.8. The molecule has 0 fully saturated rings. The number of aromatic carboxylic acids is 1. The number of benzene rings is 1. The summed E-state index contributed by atoms with van der Waals surface area (Å²) in [5, 5.41) is 23.7. The third-order valence-corrected chi connectivity index (χ3v) is 3.19. The molecule has 1 aromatic carbocycles. The molecule has 0 saturated carbocycles. The van der Waals surface area contributed by atoms with E-state index < -0.39 is 10.9 Å². The average molecular weight is 356 g/mol. The van der Waals surface area contributed by atoms with Crippen LogP contribution in [0.4, 0.5) is 5.69 Å². The van der Waals surface area contributed by atoms with Crippen molar-refractivity contribution in [2.24, 2.45) is 7.05 Å². The van der Waals surface area contributed by atoms with Crippen molar-refractivity contribution in [3.8, 4) is 5.75 Å². The Morgan fingerprint density at radius 3 is 2.86 bits per heavy atom. The molecule has 2 aromatic rings. The zero-order valence-corrected chi connectivity index (χ0v) is 12.4. The highest BCUT2D eigenvalue weighted by Gasteiger charge is 2.16. The van der Waals surface area contributed by atoms with Crippen molar-refractivity contribution in [1.29, 1.82) is 0 Å². The first-order chi connectivity index (χ1) is 9.88. The summed E-state index contributed by atoms with van der Waals surface area (Å²) in [7, 11) is 1.59. The number of ether oxygens (including phenoxy) is 1. The summed E-state index contributed by atoms with van der Waals surface area (Å²) >= 11 is 3.16. The maximum absolute atomic E-state index is 11.0. The number of nitro groups is 1. The summed E-state index contributed by atoms with van der Waals surface area (Å²) in [6.07, 6.45) is 1.23. The summed E-state index contributed by atoms with van der Waals surface area (Å²) in [5.41, 5.74) is 0.273. The Hall–Kier alpha value is -2.42. The third kappa shape index (κ3) is 3.37. The molecule has 21 heavy (non-hydrogen) atoms. The molecule has 8 nitrogen and oxygen atoms in total. The number of aryl methyl sites for hydroxylation is 1. The van der Waals surface area contributed by atoms with Crippen LogP contribution in [-0.2, 0) is 13.7 Å². The molecule has 0 aliphatic rings. The molecule has 1 aromatic heterocycles. The van der Waals surface area contributed by atoms with Crippen LogP contribution in [0, 0.1) is 10.1 Å². The maximum Gasteiger partial charge on any atom is 0.339 e. The minimum absolute atomic E-state index is 0.0296. The van der Waals surface area contributed by atoms with Gasteiger partial charge >= 0.3 is 5.97 Å². The van der Waals surface area contributed by atoms with E-state index in [2.05, 4.69) is 21.0 Å². The minimum atomic E-state index is -1.11. The highest BCUT2D eigenvalue weighted by Crippen LogP contribution is 2.27. The van der Waals surface area contributed by atoms with Gasteiger partial charge in [0.2, 0.25) is 0 Å². The normalized spacial score (nSPS) is 10.4. The lowest BCUT2D eigenvalue weighted by Gasteiger charge is -2.08. The van der Waals surface area contributed by atoms with E-state index in [9.17, 15) is 14.9 Å². The highest BCUT2D eigenvalue weighted by molar-refractivity contribution is 9.10. The molecule has 0 aliphatic heterocycles. The molecule has 0 saturated heterocycles. The lowest BCUT2D eigenvalue weighted by molar-refractivity contribution is -0.385. The summed E-state index contributed by atoms with van der Waals surface area (Å²) in [4.78, 5) is 21.3. The van der Waals surface area contributed by atoms with E-state index in [1.807, 2.05) is 0 Å². The monoisotopic (exact) mass is 355 g/mol. The Balaban J connectivity index is 2.23. The number of nitrogens with zero attached hydrogens (tertiary/aromatic N) is 3. The van der Waals surface area contributed by atoms with Gasteiger partial charge in [0.15, 0.2) is 0 Å². The standard InChI is InChI=1S/C12H10BrN3O5/c1-15-11(10(5-14-15)12(17)18)6-21-9-3-7(13)2-8(4-9)16(19)20/h2-5H,6H2,1H3,(H,17,18). The van der Waals surface area contributed by atoms with Gasteiger partial charge in [0.05, 0.1) is 22.9 Å². The van der Waals surface area contributed by atoms with Crippen LogP contribution in [0.5, 0.6) is 5.75 Å². The third-order valence-electron chi connectivity index (χ3n) is 2.73. The molecule has 0 radical (unpaired) electrons. The SMILES string of the molecule is Cn1ncc(C(=O)O)c1COc1cc(Br)cc([N+](=O)[O-])c1. The Kier molecular flexibility index (Phi) is 4.22. The second-order valence-corrected chi connectivity index (χ2v) is 5.04. The predicted molar refractivity (Wildman–Crippen MR) is 75.3 cm³/mol. The molecular weight excluding hydrogens is 346 g/mol. The smallest absolute Gasteiger partial charge is 0.339 e. The quantitative estimate of drug-likeness (QED) is 0.651. The zero-order chi connectivity index (χ0) is 15.6. The lowest BCUT2D eigenvalue weighted by atomic mass is 10.2. The summed E-state index contributed by atoms with van der Waals surface area (Å²) in [5.74, 6) is -0.851. The van der Waals surface area contributed by atoms with E-state index >= 15 is 0 Å². The van der Waals surface area contributed by atoms with Gasteiger partial charge in [-0.2, -0.15) is 5.10 Å². The van der Waals surface area contributed by atoms with Gasteiger partial charge in [-0.15, -0.1) is 0 Å². The highest BCUT2D eigenvalue weighted by atomic mass is 79.9. The predicted octanol–water partition coefficient (Wildman–Crippen LogP) is 2.37. The second kappa shape index (κ2) is 5.92. The van der Waals surface area contributed by atoms with Crippen LogP contribution in [0.3, 0.4) is 0 Å². The molecule has 2 rings (SSSR count). The van der Waals surface area contributed by atoms with Crippen molar-refractivity contribution >= 4 is 27.6 Å². The van der Waals surface area contributed by atoms with Crippen molar-refractivity contribution in [2.75, 3.05) is 0 Å². The molecule has 0 amide bonds. The van der Waals surface area contributed by atoms with Gasteiger partial charge in [-0.25, -0.2) is 4.79 Å². The molecule has 1 heterocycles. The summed E-state index contributed by atoms with van der Waals surface area (Å²) in [6.45, 7) is -0.0637. The van der Waals surface area contributed by atoms with E-state index in [0.717, 1.165) is 0 Å². The molecular formula is C12H10BrN3O5. The van der Waals surface area contributed by atoms with Crippen molar-refractivity contribution < 1.29 is 19.6 Å². The second-order valence-electron chi connectivity index (χ2n) is 4.12. The Morgan fingerprint density at radius 2 is 2.24 bits per heavy atom. The van der Waals surface area contributed by atoms with Gasteiger partial charge in [-0.1, -0.05) is 15.9 Å². The minimum Gasteiger partial charge on any atom is -0.487 e. The fraction of sp³-hybridized carbons (Fsp3) is 0.167. The number of hydrogen-bond donors (Lipinski definition) is 1. The molecule has 0 unspecified atom stereocenters. The van der Waals surface area contributed by atoms with Crippen molar-refractivity contribution in [3.05, 3.63) is 50.2 Å². The van der Waals surface area contributed by atoms with Gasteiger partial charge in [-0.05, 0) is 6.07 Å². The number of nitro benzene ring substituents is 1. The molecule has 0 bridgehead atoms. The number of non-ortho nitro benzene ring substituents is 1. The Labute approximate surface area is 127 Å². The van der Waals surface area contributed by atoms with Gasteiger partial charge in [0.25, 0.3) is 5.69 Å². The Bertz CT molecular complexity index is 713. The van der Waals surface area contributed by atoms with Gasteiger partial charge in [0, 0.05) is 17.6 Å². The van der Waals surface area contributed by atoms with Crippen LogP contribution >= 0.6 is 15.9 Å². The van der Waals surface area contributed by atoms with E-state index in [0.29, 0.717) is 10.2 Å². The first-order valence-electron chi connectivity index (χ1n) is 5.70. The van der Waals surface area contributed by atoms with Gasteiger partial charge in [-0.3, -0.25) is 14.8 Å². The number of halogens is 1. The van der Waals surface area contributed by atoms with Crippen LogP contribution in [0.1, 0.15) is 16.1 Å². The first kappa shape index (κ1) is 15.0. The van der Waals surface area contributed by atoms with E-state index in [1.54, 1.807) is 13.1 Å². The number of carboxylic acids is 1. The largest absolute Gasteiger partial charge is 0.487 e. The number of carboxylic acid groups (broad SMARTS) is 1. The topological polar surface area (TPSA) is 107 Å². The van der Waals surface area contributed by atoms with Crippen LogP contribution in [0.2, 0.25) is 0 Å². The molecule has 110 valence electrons. The fourth-order valence-electron chi connectivity index (χ4n) is 1.70. The maximum atomic E-state index is 11.0. The lowest BCUT2D eigenvalue weighted by Crippen LogP contribution is -2.08. The van der Waals surface area contributed by atoms with E-state index in [4.69, 9.17) is 9.84 Å². The summed E-state index contributed by atoms with van der Waals surface area (Å²) in [6, 6.07) is 4.17.